The molecule has 0 aromatic heterocycles. The van der Waals surface area contributed by atoms with E-state index in [9.17, 15) is 14.4 Å². The number of methoxy groups -OCH3 is 12. The summed E-state index contributed by atoms with van der Waals surface area (Å²) in [6, 6.07) is 64.3. The molecule has 0 heterocycles. The van der Waals surface area contributed by atoms with Crippen molar-refractivity contribution in [3.63, 3.8) is 0 Å². The van der Waals surface area contributed by atoms with Gasteiger partial charge in [-0.15, -0.1) is 0 Å². The zero-order valence-corrected chi connectivity index (χ0v) is 100. The maximum Gasteiger partial charge on any atom is 0.311 e. The molecular weight excluding hydrogens is 2020 g/mol. The van der Waals surface area contributed by atoms with Gasteiger partial charge in [-0.05, 0) is 185 Å². The molecule has 0 fully saturated rings. The molecule has 0 radical (unpaired) electrons. The van der Waals surface area contributed by atoms with E-state index in [-0.39, 0.29) is 212 Å². The largest absolute Gasteiger partial charge is 0.469 e. The molecule has 149 heavy (non-hydrogen) atoms. The van der Waals surface area contributed by atoms with Gasteiger partial charge in [0.2, 0.25) is 0 Å². The first-order valence-electron chi connectivity index (χ1n) is 49.5. The van der Waals surface area contributed by atoms with Gasteiger partial charge in [0, 0.05) is 178 Å². The quantitative estimate of drug-likeness (QED) is 0.00958. The van der Waals surface area contributed by atoms with Crippen molar-refractivity contribution < 1.29 is 218 Å². The van der Waals surface area contributed by atoms with Crippen molar-refractivity contribution in [1.82, 2.24) is 0 Å². The van der Waals surface area contributed by atoms with Crippen LogP contribution in [-0.2, 0) is 152 Å². The van der Waals surface area contributed by atoms with Gasteiger partial charge in [0.05, 0.1) is 170 Å². The molecule has 6 rings (SSSR count). The Morgan fingerprint density at radius 1 is 0.275 bits per heavy atom. The van der Waals surface area contributed by atoms with E-state index in [0.29, 0.717) is 110 Å². The van der Waals surface area contributed by atoms with Crippen LogP contribution in [0.15, 0.2) is 182 Å². The molecule has 0 aliphatic carbocycles. The van der Waals surface area contributed by atoms with E-state index in [2.05, 4.69) is 245 Å². The number of aliphatic hydroxyl groups is 15. The molecule has 0 saturated carbocycles. The summed E-state index contributed by atoms with van der Waals surface area (Å²) < 4.78 is 60.4. The van der Waals surface area contributed by atoms with Crippen LogP contribution in [0.1, 0.15) is 242 Å². The van der Waals surface area contributed by atoms with Gasteiger partial charge < -0.3 is 138 Å². The predicted octanol–water partition coefficient (Wildman–Crippen LogP) is 16.0. The van der Waals surface area contributed by atoms with Gasteiger partial charge in [-0.1, -0.05) is 251 Å². The van der Waals surface area contributed by atoms with Crippen LogP contribution in [0.5, 0.6) is 0 Å². The number of ether oxygens (including phenoxy) is 13. The Balaban J connectivity index is -0.000000103. The predicted molar refractivity (Wildman–Crippen MR) is 594 cm³/mol. The van der Waals surface area contributed by atoms with E-state index < -0.39 is 16.7 Å². The molecule has 7 atom stereocenters. The second-order valence-corrected chi connectivity index (χ2v) is 34.1. The van der Waals surface area contributed by atoms with E-state index in [1.807, 2.05) is 32.9 Å². The summed E-state index contributed by atoms with van der Waals surface area (Å²) in [4.78, 5) is 39.1. The van der Waals surface area contributed by atoms with Gasteiger partial charge in [-0.25, -0.2) is 0 Å². The molecule has 34 heteroatoms. The van der Waals surface area contributed by atoms with E-state index in [1.165, 1.54) is 36.5 Å². The summed E-state index contributed by atoms with van der Waals surface area (Å²) in [6.07, 6.45) is 6.87. The molecule has 0 aliphatic heterocycles. The number of rotatable bonds is 46. The van der Waals surface area contributed by atoms with Crippen molar-refractivity contribution in [1.29, 1.82) is 0 Å². The molecule has 0 amide bonds. The van der Waals surface area contributed by atoms with Crippen molar-refractivity contribution in [3.05, 3.63) is 215 Å². The standard InChI is InChI=1S/C37H48O4.C31H38O2.10C3H8O2.5C3H8O.2CH4.3Ti/c1-7-28(3)24-31(30-18-12-9-13-19-30)26-37(32-20-14-10-15-21-32,33-22-16-11-17-23-33)27-36(5,35(39)40-6)25-29(4)34(38)41-8-2;1-5-24(2)21-27(26-15-9-6-10-16-26)23-31(22-25(3)30(32)33-4,28-17-11-7-12-18-28)29-19-13-8-14-20-29;10*1-5-3-2-4;5*1-3(2)4;;;;;/h9-23,28-29,31H,7-8,24-27H2,1-6H3;6-20,24-25,27H,5,21-23H2,1-4H3;10*4H,2-3H2,1H3;5*3-4H,1-2H3;2*1H4;;;. The first-order chi connectivity index (χ1) is 68.5. The molecule has 6 aromatic rings. The maximum atomic E-state index is 13.7. The van der Waals surface area contributed by atoms with Gasteiger partial charge in [-0.2, -0.15) is 0 Å². The van der Waals surface area contributed by atoms with Crippen LogP contribution in [0.25, 0.3) is 0 Å². The molecule has 0 spiro atoms. The third-order valence-electron chi connectivity index (χ3n) is 18.8. The second kappa shape index (κ2) is 135. The number of carbonyl (C=O) groups is 3. The normalized spacial score (nSPS) is 11.4. The van der Waals surface area contributed by atoms with E-state index >= 15 is 0 Å². The van der Waals surface area contributed by atoms with Gasteiger partial charge in [0.25, 0.3) is 0 Å². The Kier molecular flexibility index (Phi) is 163. The van der Waals surface area contributed by atoms with Crippen molar-refractivity contribution in [3.8, 4) is 0 Å². The summed E-state index contributed by atoms with van der Waals surface area (Å²) in [6.45, 7) is 40.0. The molecule has 0 bridgehead atoms. The first kappa shape index (κ1) is 180. The SMILES string of the molecule is C.C.CC(C)O.CC(C)O.CC(C)O.CC(C)O.CC(C)O.CCC(C)CC(CC(CC(C)C(=O)OC)(c1ccccc1)c1ccccc1)c1ccccc1.CCOC(=O)C(C)CC(C)(CC(CC(CC(C)CC)c1ccccc1)(c1ccccc1)c1ccccc1)C(=O)OC.COCCO.COCCO.COCCO.COCCO.COCCO.COCCO.COCCO.COCCO.COCCO.COCCO.[Ti].[Ti].[Ti]. The second-order valence-electron chi connectivity index (χ2n) is 34.1. The number of hydrogen-bond donors (Lipinski definition) is 15. The smallest absolute Gasteiger partial charge is 0.311 e. The van der Waals surface area contributed by atoms with Gasteiger partial charge in [0.15, 0.2) is 0 Å². The van der Waals surface area contributed by atoms with E-state index in [0.717, 1.165) is 49.7 Å². The van der Waals surface area contributed by atoms with E-state index in [4.69, 9.17) is 90.8 Å². The van der Waals surface area contributed by atoms with Crippen LogP contribution < -0.4 is 0 Å². The minimum Gasteiger partial charge on any atom is -0.469 e. The van der Waals surface area contributed by atoms with Crippen molar-refractivity contribution in [2.75, 3.05) is 224 Å². The number of hydrogen-bond acceptors (Lipinski definition) is 31. The Hall–Kier alpha value is -5.13. The third-order valence-corrected chi connectivity index (χ3v) is 18.8. The number of benzene rings is 6. The Bertz CT molecular complexity index is 3190. The Morgan fingerprint density at radius 3 is 0.631 bits per heavy atom. The molecule has 31 nitrogen and oxygen atoms in total. The minimum atomic E-state index is -0.940. The van der Waals surface area contributed by atoms with E-state index in [1.54, 1.807) is 147 Å². The summed E-state index contributed by atoms with van der Waals surface area (Å²) >= 11 is 0. The molecule has 0 saturated heterocycles. The number of esters is 3. The van der Waals surface area contributed by atoms with Gasteiger partial charge in [-0.3, -0.25) is 14.4 Å². The Morgan fingerprint density at radius 2 is 0.463 bits per heavy atom. The molecular formula is C115H214O31Ti3. The molecule has 0 aliphatic rings. The fraction of sp³-hybridized carbons (Fsp3) is 0.661. The summed E-state index contributed by atoms with van der Waals surface area (Å²) in [5.74, 6) is 0.406. The van der Waals surface area contributed by atoms with Crippen LogP contribution in [0.3, 0.4) is 0 Å². The van der Waals surface area contributed by atoms with Crippen molar-refractivity contribution in [2.24, 2.45) is 29.1 Å². The topological polar surface area (TPSA) is 475 Å². The molecule has 7 unspecified atom stereocenters. The molecule has 872 valence electrons. The number of carbonyl (C=O) groups excluding carboxylic acids is 3. The van der Waals surface area contributed by atoms with Crippen molar-refractivity contribution >= 4 is 17.9 Å². The summed E-state index contributed by atoms with van der Waals surface area (Å²) in [7, 11) is 18.4. The maximum absolute atomic E-state index is 13.7. The zero-order chi connectivity index (χ0) is 113. The molecule has 6 aromatic carbocycles. The molecule has 15 N–H and O–H groups in total. The third kappa shape index (κ3) is 120. The zero-order valence-electron chi connectivity index (χ0n) is 95.6. The summed E-state index contributed by atoms with van der Waals surface area (Å²) in [5, 5.41) is 120. The van der Waals surface area contributed by atoms with Crippen LogP contribution in [0.2, 0.25) is 0 Å². The monoisotopic (exact) mass is 2240 g/mol. The van der Waals surface area contributed by atoms with Crippen LogP contribution in [-0.4, -0.2) is 349 Å². The number of aliphatic hydroxyl groups excluding tert-OH is 15. The summed E-state index contributed by atoms with van der Waals surface area (Å²) in [5.41, 5.74) is 5.77. The van der Waals surface area contributed by atoms with Crippen LogP contribution >= 0.6 is 0 Å². The average Bonchev–Trinajstić information content (AvgIpc) is 0.751. The van der Waals surface area contributed by atoms with Crippen LogP contribution in [0.4, 0.5) is 0 Å². The van der Waals surface area contributed by atoms with Crippen molar-refractivity contribution in [2.45, 2.75) is 250 Å². The van der Waals surface area contributed by atoms with Gasteiger partial charge >= 0.3 is 17.9 Å². The van der Waals surface area contributed by atoms with Crippen LogP contribution in [0, 0.1) is 29.1 Å². The average molecular weight is 2240 g/mol. The fourth-order valence-corrected chi connectivity index (χ4v) is 12.6. The van der Waals surface area contributed by atoms with Gasteiger partial charge in [0.1, 0.15) is 0 Å². The Labute approximate surface area is 948 Å². The minimum absolute atomic E-state index is 0. The fourth-order valence-electron chi connectivity index (χ4n) is 12.6. The first-order valence-corrected chi connectivity index (χ1v) is 49.5.